The minimum absolute atomic E-state index is 0.302. The summed E-state index contributed by atoms with van der Waals surface area (Å²) in [5.41, 5.74) is 1.65. The van der Waals surface area contributed by atoms with Crippen LogP contribution in [0.4, 0.5) is 0 Å². The summed E-state index contributed by atoms with van der Waals surface area (Å²) in [6.45, 7) is 0. The summed E-state index contributed by atoms with van der Waals surface area (Å²) in [7, 11) is -1.35. The highest BCUT2D eigenvalue weighted by Gasteiger charge is 2.22. The Morgan fingerprint density at radius 3 is 2.50 bits per heavy atom. The van der Waals surface area contributed by atoms with Gasteiger partial charge in [-0.1, -0.05) is 54.6 Å². The first kappa shape index (κ1) is 18.0. The van der Waals surface area contributed by atoms with Crippen molar-refractivity contribution >= 4 is 39.6 Å². The molecule has 3 aromatic rings. The molecule has 0 bridgehead atoms. The van der Waals surface area contributed by atoms with Gasteiger partial charge in [-0.05, 0) is 31.0 Å². The molecule has 2 heterocycles. The van der Waals surface area contributed by atoms with Crippen molar-refractivity contribution in [2.24, 2.45) is 0 Å². The lowest BCUT2D eigenvalue weighted by Gasteiger charge is -2.19. The highest BCUT2D eigenvalue weighted by Crippen LogP contribution is 2.33. The maximum atomic E-state index is 12.9. The molecule has 0 radical (unpaired) electrons. The number of rotatable bonds is 4. The van der Waals surface area contributed by atoms with Gasteiger partial charge in [0.2, 0.25) is 0 Å². The van der Waals surface area contributed by atoms with Crippen LogP contribution < -0.4 is 0 Å². The van der Waals surface area contributed by atoms with Crippen LogP contribution in [-0.4, -0.2) is 18.8 Å². The van der Waals surface area contributed by atoms with Crippen LogP contribution in [0.25, 0.3) is 5.65 Å². The lowest BCUT2D eigenvalue weighted by molar-refractivity contribution is 0.426. The zero-order valence-corrected chi connectivity index (χ0v) is 16.5. The number of fused-ring (bicyclic) bond motifs is 1. The van der Waals surface area contributed by atoms with Crippen molar-refractivity contribution in [3.8, 4) is 0 Å². The number of pyridine rings is 1. The van der Waals surface area contributed by atoms with Crippen molar-refractivity contribution in [2.45, 2.75) is 48.7 Å². The lowest BCUT2D eigenvalue weighted by atomic mass is 9.89. The summed E-state index contributed by atoms with van der Waals surface area (Å²) in [6, 6.07) is 9.07. The molecule has 2 aromatic heterocycles. The van der Waals surface area contributed by atoms with E-state index in [1.165, 1.54) is 19.3 Å². The lowest BCUT2D eigenvalue weighted by Crippen LogP contribution is -2.09. The van der Waals surface area contributed by atoms with Gasteiger partial charge in [0.25, 0.3) is 0 Å². The Hall–Kier alpha value is -1.43. The molecule has 26 heavy (non-hydrogen) atoms. The number of aromatic nitrogens is 3. The molecule has 0 aliphatic heterocycles. The van der Waals surface area contributed by atoms with E-state index in [2.05, 4.69) is 14.6 Å². The van der Waals surface area contributed by atoms with Gasteiger partial charge in [0.15, 0.2) is 5.65 Å². The summed E-state index contributed by atoms with van der Waals surface area (Å²) in [4.78, 5) is 0.477. The largest absolute Gasteiger partial charge is 0.286 e. The van der Waals surface area contributed by atoms with Crippen molar-refractivity contribution in [1.82, 2.24) is 14.6 Å². The second-order valence-corrected chi connectivity index (χ2v) is 8.86. The van der Waals surface area contributed by atoms with Crippen molar-refractivity contribution in [2.75, 3.05) is 0 Å². The Balaban J connectivity index is 1.67. The Bertz CT molecular complexity index is 946. The molecular weight excluding hydrogens is 389 g/mol. The average molecular weight is 408 g/mol. The van der Waals surface area contributed by atoms with Crippen LogP contribution >= 0.6 is 23.2 Å². The highest BCUT2D eigenvalue weighted by atomic mass is 35.5. The number of benzene rings is 1. The van der Waals surface area contributed by atoms with Crippen LogP contribution in [0.5, 0.6) is 0 Å². The minimum Gasteiger partial charge on any atom is -0.286 e. The van der Waals surface area contributed by atoms with E-state index in [-0.39, 0.29) is 0 Å². The monoisotopic (exact) mass is 407 g/mol. The Morgan fingerprint density at radius 2 is 1.77 bits per heavy atom. The van der Waals surface area contributed by atoms with Gasteiger partial charge >= 0.3 is 0 Å². The number of nitrogens with zero attached hydrogens (tertiary/aromatic N) is 3. The van der Waals surface area contributed by atoms with Gasteiger partial charge in [0, 0.05) is 17.7 Å². The van der Waals surface area contributed by atoms with Gasteiger partial charge in [0.05, 0.1) is 31.5 Å². The molecule has 0 spiro atoms. The van der Waals surface area contributed by atoms with Gasteiger partial charge in [0.1, 0.15) is 5.82 Å². The molecule has 1 atom stereocenters. The van der Waals surface area contributed by atoms with Gasteiger partial charge < -0.3 is 0 Å². The molecule has 4 rings (SSSR count). The first-order valence-corrected chi connectivity index (χ1v) is 10.9. The van der Waals surface area contributed by atoms with E-state index in [4.69, 9.17) is 23.2 Å². The maximum Gasteiger partial charge on any atom is 0.164 e. The van der Waals surface area contributed by atoms with Crippen LogP contribution in [0.15, 0.2) is 41.4 Å². The van der Waals surface area contributed by atoms with Gasteiger partial charge in [-0.2, -0.15) is 0 Å². The predicted octanol–water partition coefficient (Wildman–Crippen LogP) is 5.39. The third kappa shape index (κ3) is 3.40. The number of hydrogen-bond donors (Lipinski definition) is 0. The van der Waals surface area contributed by atoms with Crippen molar-refractivity contribution in [3.05, 3.63) is 58.0 Å². The number of halogens is 2. The maximum absolute atomic E-state index is 12.9. The fourth-order valence-corrected chi connectivity index (χ4v) is 5.79. The molecule has 1 aliphatic rings. The zero-order valence-electron chi connectivity index (χ0n) is 14.2. The summed E-state index contributed by atoms with van der Waals surface area (Å²) in [5.74, 6) is 1.77. The van der Waals surface area contributed by atoms with E-state index in [1.807, 2.05) is 18.3 Å². The second-order valence-electron chi connectivity index (χ2n) is 6.66. The van der Waals surface area contributed by atoms with Crippen molar-refractivity contribution < 1.29 is 4.21 Å². The van der Waals surface area contributed by atoms with Gasteiger partial charge in [-0.3, -0.25) is 8.61 Å². The Kier molecular flexibility index (Phi) is 5.30. The Morgan fingerprint density at radius 1 is 1.04 bits per heavy atom. The zero-order chi connectivity index (χ0) is 18.1. The standard InChI is InChI=1S/C19H19Cl2N3OS/c20-15-9-4-10-16(21)17(15)26(25)12-14-8-5-11-24-18(22-23-19(14)24)13-6-2-1-3-7-13/h4-5,8-11,13H,1-3,6-7,12H2. The molecule has 1 aromatic carbocycles. The van der Waals surface area contributed by atoms with Crippen LogP contribution in [0, 0.1) is 0 Å². The fourth-order valence-electron chi connectivity index (χ4n) is 3.65. The second kappa shape index (κ2) is 7.67. The van der Waals surface area contributed by atoms with Crippen molar-refractivity contribution in [1.29, 1.82) is 0 Å². The molecular formula is C19H19Cl2N3OS. The van der Waals surface area contributed by atoms with E-state index in [9.17, 15) is 4.21 Å². The summed E-state index contributed by atoms with van der Waals surface area (Å²) < 4.78 is 14.9. The van der Waals surface area contributed by atoms with Crippen LogP contribution in [0.2, 0.25) is 10.0 Å². The Labute approximate surface area is 165 Å². The van der Waals surface area contributed by atoms with Crippen LogP contribution in [-0.2, 0) is 16.6 Å². The average Bonchev–Trinajstić information content (AvgIpc) is 3.07. The van der Waals surface area contributed by atoms with E-state index in [0.717, 1.165) is 29.9 Å². The molecule has 1 aliphatic carbocycles. The molecule has 0 saturated heterocycles. The molecule has 136 valence electrons. The molecule has 7 heteroatoms. The van der Waals surface area contributed by atoms with Crippen molar-refractivity contribution in [3.63, 3.8) is 0 Å². The summed E-state index contributed by atoms with van der Waals surface area (Å²) >= 11 is 12.4. The van der Waals surface area contributed by atoms with E-state index < -0.39 is 10.8 Å². The van der Waals surface area contributed by atoms with Gasteiger partial charge in [-0.15, -0.1) is 10.2 Å². The molecule has 1 fully saturated rings. The van der Waals surface area contributed by atoms with Gasteiger partial charge in [-0.25, -0.2) is 0 Å². The third-order valence-electron chi connectivity index (χ3n) is 4.95. The predicted molar refractivity (Wildman–Crippen MR) is 105 cm³/mol. The summed E-state index contributed by atoms with van der Waals surface area (Å²) in [5, 5.41) is 9.70. The first-order chi connectivity index (χ1) is 12.6. The van der Waals surface area contributed by atoms with Crippen LogP contribution in [0.3, 0.4) is 0 Å². The minimum atomic E-state index is -1.35. The quantitative estimate of drug-likeness (QED) is 0.581. The summed E-state index contributed by atoms with van der Waals surface area (Å²) in [6.07, 6.45) is 8.10. The topological polar surface area (TPSA) is 47.3 Å². The van der Waals surface area contributed by atoms with E-state index in [1.54, 1.807) is 18.2 Å². The molecule has 0 N–H and O–H groups in total. The molecule has 0 amide bonds. The SMILES string of the molecule is O=S(Cc1cccn2c(C3CCCCC3)nnc12)c1c(Cl)cccc1Cl. The van der Waals surface area contributed by atoms with E-state index in [0.29, 0.717) is 26.6 Å². The number of hydrogen-bond acceptors (Lipinski definition) is 3. The smallest absolute Gasteiger partial charge is 0.164 e. The fraction of sp³-hybridized carbons (Fsp3) is 0.368. The molecule has 4 nitrogen and oxygen atoms in total. The normalized spacial score (nSPS) is 16.8. The molecule has 1 saturated carbocycles. The molecule has 1 unspecified atom stereocenters. The van der Waals surface area contributed by atoms with E-state index >= 15 is 0 Å². The highest BCUT2D eigenvalue weighted by molar-refractivity contribution is 7.84. The van der Waals surface area contributed by atoms with Crippen LogP contribution in [0.1, 0.15) is 49.4 Å². The third-order valence-corrected chi connectivity index (χ3v) is 7.27. The first-order valence-electron chi connectivity index (χ1n) is 8.80.